The Morgan fingerprint density at radius 2 is 1.03 bits per heavy atom. The van der Waals surface area contributed by atoms with Gasteiger partial charge >= 0.3 is 16.4 Å². The van der Waals surface area contributed by atoms with E-state index in [0.29, 0.717) is 13.0 Å². The second-order valence-electron chi connectivity index (χ2n) is 17.4. The van der Waals surface area contributed by atoms with Crippen LogP contribution in [0.5, 0.6) is 0 Å². The number of ether oxygens (including phenoxy) is 4. The summed E-state index contributed by atoms with van der Waals surface area (Å²) in [5.74, 6) is -0.403. The summed E-state index contributed by atoms with van der Waals surface area (Å²) in [6.45, 7) is 4.02. The first-order valence-corrected chi connectivity index (χ1v) is 26.3. The molecule has 0 saturated carbocycles. The molecule has 0 aliphatic carbocycles. The molecule has 1 rings (SSSR count). The van der Waals surface area contributed by atoms with Gasteiger partial charge in [0.2, 0.25) is 0 Å². The van der Waals surface area contributed by atoms with Gasteiger partial charge in [-0.2, -0.15) is 8.42 Å². The fraction of sp³-hybridized carbons (Fsp3) is 0.938. The predicted molar refractivity (Wildman–Crippen MR) is 244 cm³/mol. The first kappa shape index (κ1) is 57.9. The van der Waals surface area contributed by atoms with E-state index in [1.165, 1.54) is 141 Å². The number of allylic oxidation sites excluding steroid dienone is 2. The SMILES string of the molecule is CCCCCCCC/C=C\CCCCCCCC(=O)OC(COCCCCCCCCCCCCCCCCCCCCC)COC1OC(CO)C(O)C(OS(=O)(=O)O)C1O. The van der Waals surface area contributed by atoms with E-state index < -0.39 is 59.8 Å². The minimum absolute atomic E-state index is 0.0387. The van der Waals surface area contributed by atoms with Crippen molar-refractivity contribution in [2.75, 3.05) is 26.4 Å². The molecule has 362 valence electrons. The van der Waals surface area contributed by atoms with E-state index in [2.05, 4.69) is 30.2 Å². The summed E-state index contributed by atoms with van der Waals surface area (Å²) in [4.78, 5) is 12.9. The molecule has 6 atom stereocenters. The van der Waals surface area contributed by atoms with Crippen molar-refractivity contribution < 1.29 is 56.2 Å². The van der Waals surface area contributed by atoms with Crippen LogP contribution in [0.25, 0.3) is 0 Å². The maximum Gasteiger partial charge on any atom is 0.397 e. The van der Waals surface area contributed by atoms with Crippen molar-refractivity contribution in [1.29, 1.82) is 0 Å². The van der Waals surface area contributed by atoms with Gasteiger partial charge < -0.3 is 34.3 Å². The standard InChI is InChI=1S/C48H92O12S/c1-3-5-7-9-11-13-15-17-19-20-21-22-24-26-28-30-32-34-36-38-56-40-42(41-57-48-46(52)47(60-61(53,54)55)45(51)43(39-49)59-48)58-44(50)37-35-33-31-29-27-25-23-18-16-14-12-10-8-6-4-2/h18,23,42-43,45-49,51-52H,3-17,19-22,24-41H2,1-2H3,(H,53,54,55)/b23-18-. The zero-order valence-corrected chi connectivity index (χ0v) is 39.6. The van der Waals surface area contributed by atoms with Gasteiger partial charge in [0.05, 0.1) is 19.8 Å². The Balaban J connectivity index is 2.36. The lowest BCUT2D eigenvalue weighted by atomic mass is 9.99. The number of unbranched alkanes of at least 4 members (excludes halogenated alkanes) is 29. The Morgan fingerprint density at radius 1 is 0.607 bits per heavy atom. The summed E-state index contributed by atoms with van der Waals surface area (Å²) in [6, 6.07) is 0. The number of carbonyl (C=O) groups excluding carboxylic acids is 1. The van der Waals surface area contributed by atoms with Crippen LogP contribution in [-0.4, -0.2) is 97.5 Å². The summed E-state index contributed by atoms with van der Waals surface area (Å²) in [6.07, 6.45) is 35.3. The zero-order chi connectivity index (χ0) is 44.7. The summed E-state index contributed by atoms with van der Waals surface area (Å²) in [5.41, 5.74) is 0. The summed E-state index contributed by atoms with van der Waals surface area (Å²) in [7, 11) is -5.06. The normalized spacial score (nSPS) is 20.1. The fourth-order valence-corrected chi connectivity index (χ4v) is 8.35. The van der Waals surface area contributed by atoms with Crippen LogP contribution < -0.4 is 0 Å². The minimum Gasteiger partial charge on any atom is -0.457 e. The van der Waals surface area contributed by atoms with Gasteiger partial charge in [0, 0.05) is 13.0 Å². The molecule has 1 aliphatic rings. The van der Waals surface area contributed by atoms with Crippen LogP contribution >= 0.6 is 0 Å². The van der Waals surface area contributed by atoms with Gasteiger partial charge in [-0.1, -0.05) is 193 Å². The Labute approximate surface area is 372 Å². The molecular weight excluding hydrogens is 801 g/mol. The highest BCUT2D eigenvalue weighted by atomic mass is 32.3. The van der Waals surface area contributed by atoms with Gasteiger partial charge in [0.15, 0.2) is 6.29 Å². The molecular formula is C48H92O12S. The molecule has 0 spiro atoms. The quantitative estimate of drug-likeness (QED) is 0.0197. The van der Waals surface area contributed by atoms with E-state index in [9.17, 15) is 33.1 Å². The monoisotopic (exact) mass is 893 g/mol. The molecule has 0 amide bonds. The average Bonchev–Trinajstić information content (AvgIpc) is 3.23. The average molecular weight is 893 g/mol. The third-order valence-corrected chi connectivity index (χ3v) is 12.1. The molecule has 12 nitrogen and oxygen atoms in total. The third-order valence-electron chi connectivity index (χ3n) is 11.6. The fourth-order valence-electron chi connectivity index (χ4n) is 7.85. The van der Waals surface area contributed by atoms with Crippen molar-refractivity contribution in [3.05, 3.63) is 12.2 Å². The smallest absolute Gasteiger partial charge is 0.397 e. The molecule has 1 fully saturated rings. The molecule has 0 aromatic heterocycles. The predicted octanol–water partition coefficient (Wildman–Crippen LogP) is 11.0. The first-order chi connectivity index (χ1) is 29.6. The molecule has 0 aromatic carbocycles. The van der Waals surface area contributed by atoms with Crippen LogP contribution in [0.4, 0.5) is 0 Å². The molecule has 1 heterocycles. The number of hydrogen-bond acceptors (Lipinski definition) is 11. The lowest BCUT2D eigenvalue weighted by Gasteiger charge is -2.41. The van der Waals surface area contributed by atoms with Crippen LogP contribution in [0.3, 0.4) is 0 Å². The number of rotatable bonds is 44. The summed E-state index contributed by atoms with van der Waals surface area (Å²) >= 11 is 0. The minimum atomic E-state index is -5.06. The zero-order valence-electron chi connectivity index (χ0n) is 38.7. The van der Waals surface area contributed by atoms with E-state index in [0.717, 1.165) is 57.8 Å². The van der Waals surface area contributed by atoms with Crippen molar-refractivity contribution in [3.8, 4) is 0 Å². The van der Waals surface area contributed by atoms with E-state index in [-0.39, 0.29) is 19.6 Å². The number of carbonyl (C=O) groups is 1. The Kier molecular flexibility index (Phi) is 38.3. The van der Waals surface area contributed by atoms with Crippen LogP contribution in [0, 0.1) is 0 Å². The lowest BCUT2D eigenvalue weighted by molar-refractivity contribution is -0.301. The molecule has 0 radical (unpaired) electrons. The van der Waals surface area contributed by atoms with Crippen LogP contribution in [0.2, 0.25) is 0 Å². The molecule has 61 heavy (non-hydrogen) atoms. The maximum atomic E-state index is 12.9. The van der Waals surface area contributed by atoms with Gasteiger partial charge in [0.25, 0.3) is 0 Å². The molecule has 1 aliphatic heterocycles. The highest BCUT2D eigenvalue weighted by Crippen LogP contribution is 2.26. The van der Waals surface area contributed by atoms with Gasteiger partial charge in [-0.15, -0.1) is 0 Å². The number of aliphatic hydroxyl groups excluding tert-OH is 3. The third kappa shape index (κ3) is 33.9. The van der Waals surface area contributed by atoms with Crippen LogP contribution in [-0.2, 0) is 38.3 Å². The van der Waals surface area contributed by atoms with Crippen LogP contribution in [0.15, 0.2) is 12.2 Å². The second-order valence-corrected chi connectivity index (χ2v) is 18.5. The van der Waals surface area contributed by atoms with E-state index in [4.69, 9.17) is 18.9 Å². The van der Waals surface area contributed by atoms with Crippen LogP contribution in [0.1, 0.15) is 226 Å². The highest BCUT2D eigenvalue weighted by molar-refractivity contribution is 7.80. The number of aliphatic hydroxyl groups is 3. The molecule has 13 heteroatoms. The van der Waals surface area contributed by atoms with Gasteiger partial charge in [0.1, 0.15) is 30.5 Å². The lowest BCUT2D eigenvalue weighted by Crippen LogP contribution is -2.60. The first-order valence-electron chi connectivity index (χ1n) is 24.9. The van der Waals surface area contributed by atoms with Crippen molar-refractivity contribution >= 4 is 16.4 Å². The van der Waals surface area contributed by atoms with Gasteiger partial charge in [-0.3, -0.25) is 9.35 Å². The van der Waals surface area contributed by atoms with Crippen molar-refractivity contribution in [3.63, 3.8) is 0 Å². The Morgan fingerprint density at radius 3 is 1.48 bits per heavy atom. The Hall–Kier alpha value is -1.16. The van der Waals surface area contributed by atoms with Crippen molar-refractivity contribution in [2.45, 2.75) is 263 Å². The molecule has 0 aromatic rings. The largest absolute Gasteiger partial charge is 0.457 e. The summed E-state index contributed by atoms with van der Waals surface area (Å²) < 4.78 is 59.2. The maximum absolute atomic E-state index is 12.9. The molecule has 0 bridgehead atoms. The van der Waals surface area contributed by atoms with Gasteiger partial charge in [-0.05, 0) is 38.5 Å². The van der Waals surface area contributed by atoms with E-state index >= 15 is 0 Å². The van der Waals surface area contributed by atoms with Crippen molar-refractivity contribution in [2.24, 2.45) is 0 Å². The Bertz CT molecular complexity index is 1120. The molecule has 1 saturated heterocycles. The van der Waals surface area contributed by atoms with Crippen molar-refractivity contribution in [1.82, 2.24) is 0 Å². The van der Waals surface area contributed by atoms with E-state index in [1.807, 2.05) is 0 Å². The topological polar surface area (TPSA) is 178 Å². The summed E-state index contributed by atoms with van der Waals surface area (Å²) in [5, 5.41) is 30.7. The second kappa shape index (κ2) is 40.4. The molecule has 6 unspecified atom stereocenters. The highest BCUT2D eigenvalue weighted by Gasteiger charge is 2.48. The van der Waals surface area contributed by atoms with Gasteiger partial charge in [-0.25, -0.2) is 4.18 Å². The number of esters is 1. The van der Waals surface area contributed by atoms with E-state index in [1.54, 1.807) is 0 Å². The number of hydrogen-bond donors (Lipinski definition) is 4. The molecule has 4 N–H and O–H groups in total.